The Labute approximate surface area is 126 Å². The summed E-state index contributed by atoms with van der Waals surface area (Å²) in [6.45, 7) is 0. The smallest absolute Gasteiger partial charge is 0.269 e. The number of anilines is 2. The topological polar surface area (TPSA) is 90.3 Å². The van der Waals surface area contributed by atoms with Crippen molar-refractivity contribution >= 4 is 27.8 Å². The second kappa shape index (κ2) is 5.61. The zero-order valence-electron chi connectivity index (χ0n) is 11.4. The lowest BCUT2D eigenvalue weighted by Gasteiger charge is -2.19. The molecule has 0 saturated heterocycles. The zero-order chi connectivity index (χ0) is 15.5. The van der Waals surface area contributed by atoms with Gasteiger partial charge in [0.25, 0.3) is 5.69 Å². The monoisotopic (exact) mass is 294 g/mol. The number of nitrogens with zero attached hydrogens (tertiary/aromatic N) is 1. The van der Waals surface area contributed by atoms with E-state index in [4.69, 9.17) is 0 Å². The van der Waals surface area contributed by atoms with E-state index in [1.165, 1.54) is 18.2 Å². The van der Waals surface area contributed by atoms with Gasteiger partial charge in [-0.1, -0.05) is 42.1 Å². The van der Waals surface area contributed by atoms with Crippen LogP contribution in [0.4, 0.5) is 17.1 Å². The maximum Gasteiger partial charge on any atom is 0.269 e. The third kappa shape index (κ3) is 2.62. The van der Waals surface area contributed by atoms with Gasteiger partial charge in [0.15, 0.2) is 0 Å². The molecular weight excluding hydrogens is 282 g/mol. The summed E-state index contributed by atoms with van der Waals surface area (Å²) in [6.07, 6.45) is 0. The highest BCUT2D eigenvalue weighted by molar-refractivity contribution is 5.97. The van der Waals surface area contributed by atoms with Crippen molar-refractivity contribution in [1.29, 1.82) is 0 Å². The van der Waals surface area contributed by atoms with Crippen molar-refractivity contribution in [3.63, 3.8) is 0 Å². The van der Waals surface area contributed by atoms with Gasteiger partial charge >= 0.3 is 0 Å². The first-order valence-electron chi connectivity index (χ1n) is 6.60. The van der Waals surface area contributed by atoms with Crippen LogP contribution in [-0.4, -0.2) is 4.92 Å². The van der Waals surface area contributed by atoms with Crippen LogP contribution in [0.1, 0.15) is 0 Å². The van der Waals surface area contributed by atoms with E-state index in [2.05, 4.69) is 10.9 Å². The number of fused-ring (bicyclic) bond motifs is 1. The minimum absolute atomic E-state index is 0.0141. The van der Waals surface area contributed by atoms with Gasteiger partial charge in [-0.2, -0.15) is 0 Å². The molecule has 3 aromatic carbocycles. The first-order chi connectivity index (χ1) is 10.6. The minimum atomic E-state index is -0.461. The van der Waals surface area contributed by atoms with Crippen LogP contribution in [0.5, 0.6) is 5.75 Å². The van der Waals surface area contributed by atoms with Gasteiger partial charge in [-0.15, -0.1) is 0 Å². The molecule has 0 bridgehead atoms. The van der Waals surface area contributed by atoms with Gasteiger partial charge in [0.1, 0.15) is 0 Å². The van der Waals surface area contributed by atoms with Gasteiger partial charge in [0.2, 0.25) is 0 Å². The van der Waals surface area contributed by atoms with Gasteiger partial charge in [-0.05, 0) is 17.5 Å². The van der Waals surface area contributed by atoms with Crippen molar-refractivity contribution < 1.29 is 10.0 Å². The molecular formula is C16H12N3O3-. The van der Waals surface area contributed by atoms with E-state index in [0.717, 1.165) is 10.8 Å². The van der Waals surface area contributed by atoms with Crippen molar-refractivity contribution in [2.45, 2.75) is 0 Å². The normalized spacial score (nSPS) is 10.4. The molecule has 0 aliphatic carbocycles. The van der Waals surface area contributed by atoms with Crippen LogP contribution in [0.3, 0.4) is 0 Å². The summed E-state index contributed by atoms with van der Waals surface area (Å²) in [7, 11) is 0. The number of benzene rings is 3. The SMILES string of the molecule is O=[N+]([O-])c1ccc(NNc2c([O-])ccc3ccccc23)cc1. The predicted octanol–water partition coefficient (Wildman–Crippen LogP) is 3.26. The highest BCUT2D eigenvalue weighted by atomic mass is 16.6. The number of nitrogens with one attached hydrogen (secondary N) is 2. The number of hydrogen-bond acceptors (Lipinski definition) is 5. The largest absolute Gasteiger partial charge is 0.871 e. The van der Waals surface area contributed by atoms with Gasteiger partial charge < -0.3 is 16.0 Å². The van der Waals surface area contributed by atoms with Gasteiger partial charge in [-0.25, -0.2) is 0 Å². The molecule has 0 fully saturated rings. The Bertz CT molecular complexity index is 832. The lowest BCUT2D eigenvalue weighted by Crippen LogP contribution is -2.11. The van der Waals surface area contributed by atoms with Gasteiger partial charge in [-0.3, -0.25) is 10.1 Å². The summed E-state index contributed by atoms with van der Waals surface area (Å²) < 4.78 is 0. The molecule has 0 aliphatic heterocycles. The molecule has 0 atom stereocenters. The molecule has 0 aromatic heterocycles. The van der Waals surface area contributed by atoms with E-state index in [1.807, 2.05) is 24.3 Å². The molecule has 6 heteroatoms. The van der Waals surface area contributed by atoms with Crippen molar-refractivity contribution in [1.82, 2.24) is 0 Å². The Hall–Kier alpha value is -3.28. The average Bonchev–Trinajstić information content (AvgIpc) is 2.54. The molecule has 0 heterocycles. The van der Waals surface area contributed by atoms with Crippen molar-refractivity contribution in [2.24, 2.45) is 0 Å². The number of hydrogen-bond donors (Lipinski definition) is 2. The average molecular weight is 294 g/mol. The Balaban J connectivity index is 1.84. The first-order valence-corrected chi connectivity index (χ1v) is 6.60. The Kier molecular flexibility index (Phi) is 3.49. The van der Waals surface area contributed by atoms with E-state index in [9.17, 15) is 15.2 Å². The van der Waals surface area contributed by atoms with Crippen LogP contribution >= 0.6 is 0 Å². The maximum absolute atomic E-state index is 12.0. The molecule has 22 heavy (non-hydrogen) atoms. The van der Waals surface area contributed by atoms with Crippen LogP contribution in [0.25, 0.3) is 10.8 Å². The van der Waals surface area contributed by atoms with Crippen molar-refractivity contribution in [2.75, 3.05) is 10.9 Å². The van der Waals surface area contributed by atoms with Crippen molar-refractivity contribution in [3.8, 4) is 5.75 Å². The molecule has 6 nitrogen and oxygen atoms in total. The van der Waals surface area contributed by atoms with Gasteiger partial charge in [0, 0.05) is 17.5 Å². The van der Waals surface area contributed by atoms with E-state index in [1.54, 1.807) is 18.2 Å². The standard InChI is InChI=1S/C16H13N3O3/c20-15-10-5-11-3-1-2-4-14(11)16(15)18-17-12-6-8-13(9-7-12)19(21)22/h1-10,17-18,20H/p-1. The van der Waals surface area contributed by atoms with E-state index in [-0.39, 0.29) is 11.4 Å². The Morgan fingerprint density at radius 2 is 1.59 bits per heavy atom. The Morgan fingerprint density at radius 3 is 2.32 bits per heavy atom. The van der Waals surface area contributed by atoms with Crippen molar-refractivity contribution in [3.05, 3.63) is 70.8 Å². The summed E-state index contributed by atoms with van der Waals surface area (Å²) in [5.41, 5.74) is 6.85. The highest BCUT2D eigenvalue weighted by Gasteiger charge is 2.04. The van der Waals surface area contributed by atoms with Crippen LogP contribution in [-0.2, 0) is 0 Å². The number of nitro benzene ring substituents is 1. The number of rotatable bonds is 4. The van der Waals surface area contributed by atoms with E-state index in [0.29, 0.717) is 11.4 Å². The third-order valence-corrected chi connectivity index (χ3v) is 3.30. The van der Waals surface area contributed by atoms with Crippen LogP contribution in [0.2, 0.25) is 0 Å². The lowest BCUT2D eigenvalue weighted by molar-refractivity contribution is -0.384. The quantitative estimate of drug-likeness (QED) is 0.569. The zero-order valence-corrected chi connectivity index (χ0v) is 11.4. The summed E-state index contributed by atoms with van der Waals surface area (Å²) in [5.74, 6) is -0.131. The summed E-state index contributed by atoms with van der Waals surface area (Å²) in [5, 5.41) is 24.4. The fourth-order valence-corrected chi connectivity index (χ4v) is 2.18. The molecule has 3 rings (SSSR count). The van der Waals surface area contributed by atoms with Crippen LogP contribution in [0.15, 0.2) is 60.7 Å². The summed E-state index contributed by atoms with van der Waals surface area (Å²) in [4.78, 5) is 10.2. The first kappa shape index (κ1) is 13.7. The van der Waals surface area contributed by atoms with E-state index >= 15 is 0 Å². The second-order valence-corrected chi connectivity index (χ2v) is 4.71. The summed E-state index contributed by atoms with van der Waals surface area (Å²) in [6, 6.07) is 16.7. The number of nitro groups is 1. The highest BCUT2D eigenvalue weighted by Crippen LogP contribution is 2.30. The molecule has 0 unspecified atom stereocenters. The van der Waals surface area contributed by atoms with Crippen LogP contribution in [0, 0.1) is 10.1 Å². The van der Waals surface area contributed by atoms with Gasteiger partial charge in [0.05, 0.1) is 16.3 Å². The molecule has 3 aromatic rings. The molecule has 2 N–H and O–H groups in total. The van der Waals surface area contributed by atoms with Crippen LogP contribution < -0.4 is 16.0 Å². The second-order valence-electron chi connectivity index (χ2n) is 4.71. The fraction of sp³-hybridized carbons (Fsp3) is 0. The lowest BCUT2D eigenvalue weighted by atomic mass is 10.1. The molecule has 0 aliphatic rings. The van der Waals surface area contributed by atoms with E-state index < -0.39 is 4.92 Å². The molecule has 0 spiro atoms. The predicted molar refractivity (Wildman–Crippen MR) is 83.7 cm³/mol. The fourth-order valence-electron chi connectivity index (χ4n) is 2.18. The molecule has 0 radical (unpaired) electrons. The molecule has 110 valence electrons. The third-order valence-electron chi connectivity index (χ3n) is 3.30. The number of hydrazine groups is 1. The molecule has 0 amide bonds. The minimum Gasteiger partial charge on any atom is -0.871 e. The summed E-state index contributed by atoms with van der Waals surface area (Å²) >= 11 is 0. The maximum atomic E-state index is 12.0. The Morgan fingerprint density at radius 1 is 0.864 bits per heavy atom. The number of non-ortho nitro benzene ring substituents is 1. The molecule has 0 saturated carbocycles.